The lowest BCUT2D eigenvalue weighted by molar-refractivity contribution is 0.175. The number of aliphatic hydroxyl groups excluding tert-OH is 1. The van der Waals surface area contributed by atoms with Crippen molar-refractivity contribution in [3.05, 3.63) is 24.3 Å². The number of benzene rings is 1. The zero-order valence-corrected chi connectivity index (χ0v) is 13.2. The normalized spacial score (nSPS) is 15.8. The minimum Gasteiger partial charge on any atom is -0.393 e. The molecule has 0 aliphatic heterocycles. The van der Waals surface area contributed by atoms with Crippen LogP contribution in [-0.4, -0.2) is 40.3 Å². The molecule has 0 fully saturated rings. The first-order valence-corrected chi connectivity index (χ1v) is 9.40. The van der Waals surface area contributed by atoms with E-state index < -0.39 is 32.0 Å². The zero-order chi connectivity index (χ0) is 15.6. The molecule has 0 amide bonds. The molecule has 6 nitrogen and oxygen atoms in total. The van der Waals surface area contributed by atoms with Crippen LogP contribution < -0.4 is 4.72 Å². The van der Waals surface area contributed by atoms with Gasteiger partial charge >= 0.3 is 0 Å². The fraction of sp³-hybridized carbons (Fsp3) is 0.500. The maximum atomic E-state index is 12.0. The molecule has 20 heavy (non-hydrogen) atoms. The third-order valence-electron chi connectivity index (χ3n) is 2.61. The summed E-state index contributed by atoms with van der Waals surface area (Å²) in [6, 6.07) is 4.57. The summed E-state index contributed by atoms with van der Waals surface area (Å²) >= 11 is 0. The Balaban J connectivity index is 2.94. The first-order chi connectivity index (χ1) is 9.02. The first-order valence-electron chi connectivity index (χ1n) is 6.03. The highest BCUT2D eigenvalue weighted by Gasteiger charge is 2.19. The minimum absolute atomic E-state index is 0.0117. The van der Waals surface area contributed by atoms with Crippen LogP contribution in [0.2, 0.25) is 0 Å². The van der Waals surface area contributed by atoms with Crippen LogP contribution in [0, 0.1) is 0 Å². The predicted octanol–water partition coefficient (Wildman–Crippen LogP) is 0.528. The van der Waals surface area contributed by atoms with Gasteiger partial charge in [-0.2, -0.15) is 0 Å². The molecule has 2 N–H and O–H groups in total. The van der Waals surface area contributed by atoms with Gasteiger partial charge in [0.1, 0.15) is 0 Å². The molecule has 1 aromatic carbocycles. The van der Waals surface area contributed by atoms with Crippen molar-refractivity contribution in [1.82, 2.24) is 4.72 Å². The molecule has 0 saturated heterocycles. The Kier molecular flexibility index (Phi) is 5.31. The Hall–Kier alpha value is -0.960. The fourth-order valence-electron chi connectivity index (χ4n) is 1.76. The van der Waals surface area contributed by atoms with Gasteiger partial charge in [-0.15, -0.1) is 0 Å². The molecule has 1 aromatic rings. The summed E-state index contributed by atoms with van der Waals surface area (Å²) in [5.41, 5.74) is 0. The molecular formula is C12H19NO5S2. The summed E-state index contributed by atoms with van der Waals surface area (Å²) in [6.45, 7) is 3.22. The Morgan fingerprint density at radius 3 is 1.90 bits per heavy atom. The number of nitrogens with one attached hydrogen (secondary N) is 1. The van der Waals surface area contributed by atoms with E-state index in [9.17, 15) is 21.9 Å². The van der Waals surface area contributed by atoms with Crippen LogP contribution >= 0.6 is 0 Å². The largest absolute Gasteiger partial charge is 0.393 e. The Morgan fingerprint density at radius 1 is 1.05 bits per heavy atom. The number of aliphatic hydroxyl groups is 1. The van der Waals surface area contributed by atoms with Crippen molar-refractivity contribution in [3.63, 3.8) is 0 Å². The van der Waals surface area contributed by atoms with E-state index in [-0.39, 0.29) is 9.79 Å². The molecule has 8 heteroatoms. The maximum Gasteiger partial charge on any atom is 0.240 e. The molecule has 0 saturated carbocycles. The molecule has 0 heterocycles. The van der Waals surface area contributed by atoms with E-state index in [0.717, 1.165) is 6.26 Å². The standard InChI is InChI=1S/C12H19NO5S2/c1-9(8-10(2)14)13-20(17,18)12-6-4-11(5-7-12)19(3,15)16/h4-7,9-10,13-14H,8H2,1-3H3. The van der Waals surface area contributed by atoms with Gasteiger partial charge in [-0.25, -0.2) is 21.6 Å². The highest BCUT2D eigenvalue weighted by atomic mass is 32.2. The molecular weight excluding hydrogens is 302 g/mol. The van der Waals surface area contributed by atoms with Gasteiger partial charge in [0.05, 0.1) is 15.9 Å². The maximum absolute atomic E-state index is 12.0. The van der Waals surface area contributed by atoms with E-state index >= 15 is 0 Å². The highest BCUT2D eigenvalue weighted by molar-refractivity contribution is 7.90. The summed E-state index contributed by atoms with van der Waals surface area (Å²) in [6.07, 6.45) is 0.737. The van der Waals surface area contributed by atoms with E-state index in [1.54, 1.807) is 13.8 Å². The average Bonchev–Trinajstić information content (AvgIpc) is 2.26. The number of sulfone groups is 1. The monoisotopic (exact) mass is 321 g/mol. The predicted molar refractivity (Wildman–Crippen MR) is 75.6 cm³/mol. The molecule has 0 spiro atoms. The van der Waals surface area contributed by atoms with Gasteiger partial charge < -0.3 is 5.11 Å². The molecule has 1 rings (SSSR count). The van der Waals surface area contributed by atoms with E-state index in [4.69, 9.17) is 0 Å². The van der Waals surface area contributed by atoms with Crippen LogP contribution in [0.1, 0.15) is 20.3 Å². The Bertz CT molecular complexity index is 648. The molecule has 2 unspecified atom stereocenters. The van der Waals surface area contributed by atoms with Crippen LogP contribution in [0.25, 0.3) is 0 Å². The molecule has 0 aliphatic carbocycles. The molecule has 0 aromatic heterocycles. The summed E-state index contributed by atoms with van der Waals surface area (Å²) in [5, 5.41) is 9.21. The SMILES string of the molecule is CC(O)CC(C)NS(=O)(=O)c1ccc(S(C)(=O)=O)cc1. The van der Waals surface area contributed by atoms with E-state index in [2.05, 4.69) is 4.72 Å². The second kappa shape index (κ2) is 6.21. The lowest BCUT2D eigenvalue weighted by Crippen LogP contribution is -2.34. The highest BCUT2D eigenvalue weighted by Crippen LogP contribution is 2.15. The van der Waals surface area contributed by atoms with Gasteiger partial charge in [0.15, 0.2) is 9.84 Å². The summed E-state index contributed by atoms with van der Waals surface area (Å²) in [7, 11) is -7.08. The topological polar surface area (TPSA) is 101 Å². The number of hydrogen-bond donors (Lipinski definition) is 2. The number of rotatable bonds is 6. The van der Waals surface area contributed by atoms with Crippen molar-refractivity contribution < 1.29 is 21.9 Å². The third kappa shape index (κ3) is 4.86. The van der Waals surface area contributed by atoms with Gasteiger partial charge in [0.2, 0.25) is 10.0 Å². The van der Waals surface area contributed by atoms with Gasteiger partial charge in [0, 0.05) is 12.3 Å². The van der Waals surface area contributed by atoms with Crippen molar-refractivity contribution in [1.29, 1.82) is 0 Å². The molecule has 0 aliphatic rings. The van der Waals surface area contributed by atoms with Crippen molar-refractivity contribution >= 4 is 19.9 Å². The summed E-state index contributed by atoms with van der Waals surface area (Å²) in [5.74, 6) is 0. The van der Waals surface area contributed by atoms with Gasteiger partial charge in [-0.1, -0.05) is 0 Å². The van der Waals surface area contributed by atoms with Gasteiger partial charge in [-0.3, -0.25) is 0 Å². The van der Waals surface area contributed by atoms with Gasteiger partial charge in [0.25, 0.3) is 0 Å². The lowest BCUT2D eigenvalue weighted by atomic mass is 10.2. The third-order valence-corrected chi connectivity index (χ3v) is 5.35. The Morgan fingerprint density at radius 2 is 1.50 bits per heavy atom. The van der Waals surface area contributed by atoms with Crippen LogP contribution in [0.4, 0.5) is 0 Å². The van der Waals surface area contributed by atoms with Crippen molar-refractivity contribution in [3.8, 4) is 0 Å². The molecule has 2 atom stereocenters. The second-order valence-electron chi connectivity index (χ2n) is 4.85. The first kappa shape index (κ1) is 17.1. The van der Waals surface area contributed by atoms with Crippen molar-refractivity contribution in [2.45, 2.75) is 42.2 Å². The Labute approximate surface area is 119 Å². The van der Waals surface area contributed by atoms with Crippen molar-refractivity contribution in [2.24, 2.45) is 0 Å². The van der Waals surface area contributed by atoms with Crippen LogP contribution in [-0.2, 0) is 19.9 Å². The molecule has 0 bridgehead atoms. The molecule has 0 radical (unpaired) electrons. The lowest BCUT2D eigenvalue weighted by Gasteiger charge is -2.15. The summed E-state index contributed by atoms with van der Waals surface area (Å²) < 4.78 is 49.1. The summed E-state index contributed by atoms with van der Waals surface area (Å²) in [4.78, 5) is 0.0517. The fourth-order valence-corrected chi connectivity index (χ4v) is 3.65. The minimum atomic E-state index is -3.72. The number of sulfonamides is 1. The van der Waals surface area contributed by atoms with Gasteiger partial charge in [-0.05, 0) is 44.5 Å². The van der Waals surface area contributed by atoms with Crippen molar-refractivity contribution in [2.75, 3.05) is 6.26 Å². The van der Waals surface area contributed by atoms with Crippen LogP contribution in [0.15, 0.2) is 34.1 Å². The van der Waals surface area contributed by atoms with Crippen LogP contribution in [0.5, 0.6) is 0 Å². The average molecular weight is 321 g/mol. The molecule has 114 valence electrons. The second-order valence-corrected chi connectivity index (χ2v) is 8.58. The number of hydrogen-bond acceptors (Lipinski definition) is 5. The smallest absolute Gasteiger partial charge is 0.240 e. The zero-order valence-electron chi connectivity index (χ0n) is 11.6. The van der Waals surface area contributed by atoms with E-state index in [1.165, 1.54) is 24.3 Å². The quantitative estimate of drug-likeness (QED) is 0.796. The van der Waals surface area contributed by atoms with E-state index in [1.807, 2.05) is 0 Å². The van der Waals surface area contributed by atoms with Crippen LogP contribution in [0.3, 0.4) is 0 Å². The van der Waals surface area contributed by atoms with E-state index in [0.29, 0.717) is 6.42 Å².